The fraction of sp³-hybridized carbons (Fsp3) is 0.231. The fourth-order valence-electron chi connectivity index (χ4n) is 3.88. The summed E-state index contributed by atoms with van der Waals surface area (Å²) in [4.78, 5) is 29.1. The Hall–Kier alpha value is -3.80. The van der Waals surface area contributed by atoms with Gasteiger partial charge in [-0.15, -0.1) is 0 Å². The molecular weight excluding hydrogens is 400 g/mol. The quantitative estimate of drug-likeness (QED) is 0.607. The Labute approximate surface area is 188 Å². The van der Waals surface area contributed by atoms with Gasteiger partial charge in [-0.25, -0.2) is 0 Å². The lowest BCUT2D eigenvalue weighted by molar-refractivity contribution is -0.143. The number of amides is 2. The minimum atomic E-state index is -0.603. The average Bonchev–Trinajstić information content (AvgIpc) is 2.82. The van der Waals surface area contributed by atoms with Gasteiger partial charge >= 0.3 is 11.8 Å². The molecule has 3 aromatic carbocycles. The van der Waals surface area contributed by atoms with E-state index in [4.69, 9.17) is 0 Å². The number of rotatable bonds is 4. The van der Waals surface area contributed by atoms with Crippen LogP contribution in [-0.2, 0) is 9.59 Å². The van der Waals surface area contributed by atoms with E-state index in [2.05, 4.69) is 47.6 Å². The van der Waals surface area contributed by atoms with Gasteiger partial charge in [0.2, 0.25) is 0 Å². The van der Waals surface area contributed by atoms with Gasteiger partial charge in [-0.1, -0.05) is 30.3 Å². The predicted octanol–water partition coefficient (Wildman–Crippen LogP) is 4.33. The minimum Gasteiger partial charge on any atom is -0.368 e. The van der Waals surface area contributed by atoms with Crippen molar-refractivity contribution in [1.29, 1.82) is 0 Å². The molecule has 3 aromatic rings. The second-order valence-corrected chi connectivity index (χ2v) is 8.02. The van der Waals surface area contributed by atoms with Crippen molar-refractivity contribution in [3.05, 3.63) is 83.9 Å². The first-order chi connectivity index (χ1) is 15.5. The van der Waals surface area contributed by atoms with Gasteiger partial charge in [0, 0.05) is 48.9 Å². The van der Waals surface area contributed by atoms with Gasteiger partial charge in [-0.05, 0) is 67.4 Å². The Kier molecular flexibility index (Phi) is 6.40. The number of hydrogen-bond donors (Lipinski definition) is 2. The van der Waals surface area contributed by atoms with Crippen molar-refractivity contribution in [2.75, 3.05) is 41.7 Å². The number of piperazine rings is 1. The van der Waals surface area contributed by atoms with Crippen LogP contribution in [0.4, 0.5) is 22.7 Å². The number of aryl methyl sites for hydroxylation is 1. The van der Waals surface area contributed by atoms with Gasteiger partial charge in [0.15, 0.2) is 0 Å². The number of carbonyl (C=O) groups excluding carboxylic acids is 2. The molecule has 0 radical (unpaired) electrons. The van der Waals surface area contributed by atoms with Crippen LogP contribution in [0.3, 0.4) is 0 Å². The van der Waals surface area contributed by atoms with E-state index in [0.29, 0.717) is 31.9 Å². The van der Waals surface area contributed by atoms with E-state index in [1.54, 1.807) is 17.0 Å². The third kappa shape index (κ3) is 4.91. The summed E-state index contributed by atoms with van der Waals surface area (Å²) in [6.07, 6.45) is 0. The van der Waals surface area contributed by atoms with Crippen LogP contribution < -0.4 is 15.5 Å². The SMILES string of the molecule is Cc1cccc(N2CCN(C(=O)C(=O)Nc3ccc(Nc4ccccc4)cc3)CC2)c1C. The van der Waals surface area contributed by atoms with Gasteiger partial charge < -0.3 is 20.4 Å². The lowest BCUT2D eigenvalue weighted by atomic mass is 10.1. The molecule has 0 unspecified atom stereocenters. The first-order valence-electron chi connectivity index (χ1n) is 10.8. The number of nitrogens with zero attached hydrogens (tertiary/aromatic N) is 2. The van der Waals surface area contributed by atoms with E-state index >= 15 is 0 Å². The van der Waals surface area contributed by atoms with Crippen LogP contribution in [-0.4, -0.2) is 42.9 Å². The molecule has 2 amide bonds. The van der Waals surface area contributed by atoms with Gasteiger partial charge in [0.25, 0.3) is 0 Å². The molecule has 0 saturated carbocycles. The number of anilines is 4. The fourth-order valence-corrected chi connectivity index (χ4v) is 3.88. The maximum atomic E-state index is 12.7. The molecule has 1 aliphatic rings. The molecule has 164 valence electrons. The molecule has 0 bridgehead atoms. The molecule has 0 atom stereocenters. The number of carbonyl (C=O) groups is 2. The zero-order chi connectivity index (χ0) is 22.5. The van der Waals surface area contributed by atoms with Crippen LogP contribution in [0.15, 0.2) is 72.8 Å². The summed E-state index contributed by atoms with van der Waals surface area (Å²) in [6, 6.07) is 23.4. The van der Waals surface area contributed by atoms with Crippen LogP contribution in [0.25, 0.3) is 0 Å². The highest BCUT2D eigenvalue weighted by Crippen LogP contribution is 2.24. The molecule has 1 saturated heterocycles. The molecule has 1 heterocycles. The molecule has 4 rings (SSSR count). The van der Waals surface area contributed by atoms with Crippen molar-refractivity contribution in [3.63, 3.8) is 0 Å². The van der Waals surface area contributed by atoms with Gasteiger partial charge in [-0.3, -0.25) is 9.59 Å². The maximum absolute atomic E-state index is 12.7. The first-order valence-corrected chi connectivity index (χ1v) is 10.8. The van der Waals surface area contributed by atoms with Crippen molar-refractivity contribution in [3.8, 4) is 0 Å². The Bertz CT molecular complexity index is 1090. The van der Waals surface area contributed by atoms with Crippen LogP contribution in [0.2, 0.25) is 0 Å². The molecule has 0 spiro atoms. The Morgan fingerprint density at radius 1 is 0.719 bits per heavy atom. The lowest BCUT2D eigenvalue weighted by Crippen LogP contribution is -2.51. The van der Waals surface area contributed by atoms with Crippen LogP contribution in [0, 0.1) is 13.8 Å². The van der Waals surface area contributed by atoms with Crippen molar-refractivity contribution in [2.24, 2.45) is 0 Å². The average molecular weight is 429 g/mol. The zero-order valence-corrected chi connectivity index (χ0v) is 18.5. The minimum absolute atomic E-state index is 0.489. The van der Waals surface area contributed by atoms with Gasteiger partial charge in [0.1, 0.15) is 0 Å². The van der Waals surface area contributed by atoms with E-state index in [-0.39, 0.29) is 0 Å². The van der Waals surface area contributed by atoms with Gasteiger partial charge in [-0.2, -0.15) is 0 Å². The highest BCUT2D eigenvalue weighted by molar-refractivity contribution is 6.39. The number of benzene rings is 3. The van der Waals surface area contributed by atoms with Crippen molar-refractivity contribution < 1.29 is 9.59 Å². The molecule has 0 aromatic heterocycles. The van der Waals surface area contributed by atoms with Gasteiger partial charge in [0.05, 0.1) is 0 Å². The molecule has 1 aliphatic heterocycles. The smallest absolute Gasteiger partial charge is 0.313 e. The number of nitrogens with one attached hydrogen (secondary N) is 2. The summed E-state index contributed by atoms with van der Waals surface area (Å²) in [5.41, 5.74) is 6.20. The highest BCUT2D eigenvalue weighted by Gasteiger charge is 2.26. The summed E-state index contributed by atoms with van der Waals surface area (Å²) in [6.45, 7) is 6.70. The molecule has 0 aliphatic carbocycles. The Morgan fingerprint density at radius 3 is 2.03 bits per heavy atom. The van der Waals surface area contributed by atoms with Crippen LogP contribution in [0.5, 0.6) is 0 Å². The number of hydrogen-bond acceptors (Lipinski definition) is 4. The van der Waals surface area contributed by atoms with Crippen molar-refractivity contribution in [2.45, 2.75) is 13.8 Å². The van der Waals surface area contributed by atoms with E-state index in [1.807, 2.05) is 42.5 Å². The van der Waals surface area contributed by atoms with E-state index in [1.165, 1.54) is 16.8 Å². The summed E-state index contributed by atoms with van der Waals surface area (Å²) >= 11 is 0. The van der Waals surface area contributed by atoms with E-state index in [9.17, 15) is 9.59 Å². The predicted molar refractivity (Wildman–Crippen MR) is 130 cm³/mol. The summed E-state index contributed by atoms with van der Waals surface area (Å²) < 4.78 is 0. The monoisotopic (exact) mass is 428 g/mol. The standard InChI is InChI=1S/C26H28N4O2/c1-19-7-6-10-24(20(19)2)29-15-17-30(18-16-29)26(32)25(31)28-23-13-11-22(12-14-23)27-21-8-4-3-5-9-21/h3-14,27H,15-18H2,1-2H3,(H,28,31). The zero-order valence-electron chi connectivity index (χ0n) is 18.5. The molecule has 6 heteroatoms. The second-order valence-electron chi connectivity index (χ2n) is 8.02. The third-order valence-corrected chi connectivity index (χ3v) is 5.88. The highest BCUT2D eigenvalue weighted by atomic mass is 16.2. The summed E-state index contributed by atoms with van der Waals surface area (Å²) in [5, 5.41) is 6.01. The summed E-state index contributed by atoms with van der Waals surface area (Å²) in [5.74, 6) is -1.09. The Balaban J connectivity index is 1.30. The lowest BCUT2D eigenvalue weighted by Gasteiger charge is -2.36. The summed E-state index contributed by atoms with van der Waals surface area (Å²) in [7, 11) is 0. The first kappa shape index (κ1) is 21.4. The topological polar surface area (TPSA) is 64.7 Å². The molecule has 2 N–H and O–H groups in total. The molecule has 32 heavy (non-hydrogen) atoms. The molecule has 1 fully saturated rings. The number of para-hydroxylation sites is 1. The molecular formula is C26H28N4O2. The van der Waals surface area contributed by atoms with E-state index in [0.717, 1.165) is 11.4 Å². The van der Waals surface area contributed by atoms with E-state index < -0.39 is 11.8 Å². The third-order valence-electron chi connectivity index (χ3n) is 5.88. The van der Waals surface area contributed by atoms with Crippen LogP contribution >= 0.6 is 0 Å². The van der Waals surface area contributed by atoms with Crippen molar-refractivity contribution >= 4 is 34.6 Å². The van der Waals surface area contributed by atoms with Crippen molar-refractivity contribution in [1.82, 2.24) is 4.90 Å². The molecule has 6 nitrogen and oxygen atoms in total. The van der Waals surface area contributed by atoms with Crippen LogP contribution in [0.1, 0.15) is 11.1 Å². The normalized spacial score (nSPS) is 13.6. The Morgan fingerprint density at radius 2 is 1.34 bits per heavy atom. The largest absolute Gasteiger partial charge is 0.368 e. The maximum Gasteiger partial charge on any atom is 0.313 e. The second kappa shape index (κ2) is 9.56.